The van der Waals surface area contributed by atoms with Crippen molar-refractivity contribution in [2.75, 3.05) is 4.90 Å². The van der Waals surface area contributed by atoms with Crippen LogP contribution in [0.3, 0.4) is 0 Å². The lowest BCUT2D eigenvalue weighted by Gasteiger charge is -2.26. The summed E-state index contributed by atoms with van der Waals surface area (Å²) in [6, 6.07) is 70.8. The van der Waals surface area contributed by atoms with Crippen LogP contribution >= 0.6 is 0 Å². The van der Waals surface area contributed by atoms with Crippen molar-refractivity contribution in [2.45, 2.75) is 0 Å². The second-order valence-corrected chi connectivity index (χ2v) is 14.4. The van der Waals surface area contributed by atoms with Gasteiger partial charge in [-0.25, -0.2) is 9.97 Å². The van der Waals surface area contributed by atoms with E-state index >= 15 is 0 Å². The van der Waals surface area contributed by atoms with Crippen LogP contribution in [0.25, 0.3) is 87.9 Å². The Kier molecular flexibility index (Phi) is 7.78. The van der Waals surface area contributed by atoms with E-state index < -0.39 is 0 Å². The van der Waals surface area contributed by atoms with Gasteiger partial charge in [-0.3, -0.25) is 4.98 Å². The minimum atomic E-state index is 0.889. The molecule has 11 rings (SSSR count). The number of rotatable bonds is 6. The largest absolute Gasteiger partial charge is 0.311 e. The van der Waals surface area contributed by atoms with E-state index in [0.717, 1.165) is 83.1 Å². The van der Waals surface area contributed by atoms with Gasteiger partial charge in [0.05, 0.1) is 27.9 Å². The molecule has 4 nitrogen and oxygen atoms in total. The van der Waals surface area contributed by atoms with E-state index in [0.29, 0.717) is 0 Å². The Bertz CT molecular complexity index is 3250. The molecule has 0 saturated carbocycles. The Hall–Kier alpha value is -7.69. The number of benzene rings is 8. The summed E-state index contributed by atoms with van der Waals surface area (Å²) in [6.07, 6.45) is 1.85. The number of hydrogen-bond donors (Lipinski definition) is 0. The third-order valence-electron chi connectivity index (χ3n) is 11.0. The molecule has 0 unspecified atom stereocenters. The maximum Gasteiger partial charge on any atom is 0.0972 e. The average molecular weight is 727 g/mol. The zero-order chi connectivity index (χ0) is 37.7. The maximum atomic E-state index is 5.45. The van der Waals surface area contributed by atoms with Crippen molar-refractivity contribution in [3.63, 3.8) is 0 Å². The smallest absolute Gasteiger partial charge is 0.0972 e. The summed E-state index contributed by atoms with van der Waals surface area (Å²) in [6.45, 7) is 0. The first-order chi connectivity index (χ1) is 28.3. The fourth-order valence-electron chi connectivity index (χ4n) is 8.34. The molecule has 0 spiro atoms. The molecule has 3 aromatic heterocycles. The van der Waals surface area contributed by atoms with Crippen molar-refractivity contribution in [2.24, 2.45) is 0 Å². The number of anilines is 3. The molecular weight excluding hydrogens is 693 g/mol. The van der Waals surface area contributed by atoms with Crippen LogP contribution in [-0.4, -0.2) is 15.0 Å². The minimum absolute atomic E-state index is 0.889. The van der Waals surface area contributed by atoms with Crippen LogP contribution in [0, 0.1) is 0 Å². The lowest BCUT2D eigenvalue weighted by atomic mass is 9.90. The van der Waals surface area contributed by atoms with Gasteiger partial charge >= 0.3 is 0 Å². The van der Waals surface area contributed by atoms with Crippen molar-refractivity contribution >= 4 is 71.3 Å². The third-order valence-corrected chi connectivity index (χ3v) is 11.0. The highest BCUT2D eigenvalue weighted by Crippen LogP contribution is 2.44. The van der Waals surface area contributed by atoms with Gasteiger partial charge in [-0.1, -0.05) is 140 Å². The number of fused-ring (bicyclic) bond motifs is 8. The van der Waals surface area contributed by atoms with Crippen molar-refractivity contribution in [3.8, 4) is 33.6 Å². The quantitative estimate of drug-likeness (QED) is 0.160. The van der Waals surface area contributed by atoms with Gasteiger partial charge in [0.1, 0.15) is 0 Å². The molecule has 0 fully saturated rings. The predicted molar refractivity (Wildman–Crippen MR) is 238 cm³/mol. The van der Waals surface area contributed by atoms with Gasteiger partial charge in [0, 0.05) is 61.3 Å². The molecule has 0 bridgehead atoms. The number of aromatic nitrogens is 3. The Balaban J connectivity index is 1.12. The van der Waals surface area contributed by atoms with Gasteiger partial charge in [0.2, 0.25) is 0 Å². The molecule has 4 heteroatoms. The van der Waals surface area contributed by atoms with Crippen LogP contribution in [0.1, 0.15) is 0 Å². The van der Waals surface area contributed by atoms with Crippen LogP contribution in [0.15, 0.2) is 206 Å². The van der Waals surface area contributed by atoms with Gasteiger partial charge < -0.3 is 4.90 Å². The van der Waals surface area contributed by atoms with E-state index in [1.165, 1.54) is 21.9 Å². The molecular formula is C53H34N4. The maximum absolute atomic E-state index is 5.45. The average Bonchev–Trinajstić information content (AvgIpc) is 3.29. The molecule has 0 aliphatic carbocycles. The zero-order valence-electron chi connectivity index (χ0n) is 30.9. The summed E-state index contributed by atoms with van der Waals surface area (Å²) in [5, 5.41) is 7.86. The molecule has 0 aliphatic heterocycles. The molecule has 57 heavy (non-hydrogen) atoms. The predicted octanol–water partition coefficient (Wildman–Crippen LogP) is 14.1. The first kappa shape index (κ1) is 32.7. The molecule has 0 N–H and O–H groups in total. The monoisotopic (exact) mass is 726 g/mol. The van der Waals surface area contributed by atoms with E-state index in [2.05, 4.69) is 199 Å². The van der Waals surface area contributed by atoms with E-state index in [1.807, 2.05) is 12.3 Å². The van der Waals surface area contributed by atoms with Gasteiger partial charge in [-0.05, 0) is 82.6 Å². The summed E-state index contributed by atoms with van der Waals surface area (Å²) in [5.41, 5.74) is 12.3. The van der Waals surface area contributed by atoms with Crippen LogP contribution in [-0.2, 0) is 0 Å². The molecule has 0 atom stereocenters. The van der Waals surface area contributed by atoms with Gasteiger partial charge in [-0.2, -0.15) is 0 Å². The zero-order valence-corrected chi connectivity index (χ0v) is 30.9. The number of nitrogens with zero attached hydrogens (tertiary/aromatic N) is 4. The fourth-order valence-corrected chi connectivity index (χ4v) is 8.34. The Labute approximate surface area is 330 Å². The summed E-state index contributed by atoms with van der Waals surface area (Å²) in [5.74, 6) is 0. The topological polar surface area (TPSA) is 41.9 Å². The lowest BCUT2D eigenvalue weighted by molar-refractivity contribution is 1.28. The van der Waals surface area contributed by atoms with Gasteiger partial charge in [-0.15, -0.1) is 0 Å². The number of hydrogen-bond acceptors (Lipinski definition) is 4. The SMILES string of the molecule is c1ccc(-c2ccc(N(c3ccccc3)c3ccc(-c4nc5ccccc5c5c4c(-c4ccc6ccc7cccnc7c6n4)cc4ccccc45)cc3)cc2)cc1. The fraction of sp³-hybridized carbons (Fsp3) is 0. The van der Waals surface area contributed by atoms with E-state index in [1.54, 1.807) is 0 Å². The van der Waals surface area contributed by atoms with Crippen molar-refractivity contribution in [1.82, 2.24) is 15.0 Å². The van der Waals surface area contributed by atoms with Crippen LogP contribution in [0.2, 0.25) is 0 Å². The number of pyridine rings is 3. The van der Waals surface area contributed by atoms with Gasteiger partial charge in [0.25, 0.3) is 0 Å². The molecule has 8 aromatic carbocycles. The van der Waals surface area contributed by atoms with Crippen LogP contribution < -0.4 is 4.90 Å². The molecule has 0 aliphatic rings. The lowest BCUT2D eigenvalue weighted by Crippen LogP contribution is -2.09. The van der Waals surface area contributed by atoms with E-state index in [4.69, 9.17) is 15.0 Å². The van der Waals surface area contributed by atoms with Crippen LogP contribution in [0.5, 0.6) is 0 Å². The Morgan fingerprint density at radius 1 is 0.368 bits per heavy atom. The molecule has 0 amide bonds. The summed E-state index contributed by atoms with van der Waals surface area (Å²) in [7, 11) is 0. The first-order valence-corrected chi connectivity index (χ1v) is 19.3. The van der Waals surface area contributed by atoms with Crippen molar-refractivity contribution in [3.05, 3.63) is 206 Å². The first-order valence-electron chi connectivity index (χ1n) is 19.3. The highest BCUT2D eigenvalue weighted by atomic mass is 15.1. The van der Waals surface area contributed by atoms with Gasteiger partial charge in [0.15, 0.2) is 0 Å². The minimum Gasteiger partial charge on any atom is -0.311 e. The summed E-state index contributed by atoms with van der Waals surface area (Å²) in [4.78, 5) is 17.9. The van der Waals surface area contributed by atoms with E-state index in [9.17, 15) is 0 Å². The van der Waals surface area contributed by atoms with E-state index in [-0.39, 0.29) is 0 Å². The standard InChI is InChI=1S/C53H34N4/c1-3-12-35(13-4-1)36-23-28-42(29-24-36)57(41-16-5-2-6-17-41)43-30-25-38(26-31-43)51-50-46(48-32-27-39-22-21-37-15-11-33-54-52(37)53(39)56-48)34-40-14-7-8-18-44(40)49(50)45-19-9-10-20-47(45)55-51/h1-34H. The Morgan fingerprint density at radius 2 is 0.947 bits per heavy atom. The Morgan fingerprint density at radius 3 is 1.72 bits per heavy atom. The third kappa shape index (κ3) is 5.66. The summed E-state index contributed by atoms with van der Waals surface area (Å²) < 4.78 is 0. The highest BCUT2D eigenvalue weighted by molar-refractivity contribution is 6.26. The summed E-state index contributed by atoms with van der Waals surface area (Å²) >= 11 is 0. The second kappa shape index (κ2) is 13.6. The normalized spacial score (nSPS) is 11.5. The number of para-hydroxylation sites is 2. The molecule has 11 aromatic rings. The molecule has 0 saturated heterocycles. The highest BCUT2D eigenvalue weighted by Gasteiger charge is 2.20. The molecule has 3 heterocycles. The molecule has 266 valence electrons. The van der Waals surface area contributed by atoms with Crippen molar-refractivity contribution in [1.29, 1.82) is 0 Å². The van der Waals surface area contributed by atoms with Crippen molar-refractivity contribution < 1.29 is 0 Å². The van der Waals surface area contributed by atoms with Crippen LogP contribution in [0.4, 0.5) is 17.1 Å². The molecule has 0 radical (unpaired) electrons. The second-order valence-electron chi connectivity index (χ2n) is 14.4.